The van der Waals surface area contributed by atoms with E-state index in [4.69, 9.17) is 11.6 Å². The molecule has 94 valence electrons. The van der Waals surface area contributed by atoms with Gasteiger partial charge < -0.3 is 5.32 Å². The zero-order valence-electron chi connectivity index (χ0n) is 10.4. The fourth-order valence-corrected chi connectivity index (χ4v) is 2.32. The molecule has 0 bridgehead atoms. The molecule has 18 heavy (non-hydrogen) atoms. The Morgan fingerprint density at radius 2 is 1.72 bits per heavy atom. The molecule has 0 saturated carbocycles. The minimum atomic E-state index is 0.736. The average Bonchev–Trinajstić information content (AvgIpc) is 2.35. The van der Waals surface area contributed by atoms with Gasteiger partial charge >= 0.3 is 0 Å². The Hall–Kier alpha value is -0.990. The number of benzene rings is 2. The van der Waals surface area contributed by atoms with Crippen LogP contribution in [-0.4, -0.2) is 0 Å². The van der Waals surface area contributed by atoms with E-state index < -0.39 is 0 Å². The van der Waals surface area contributed by atoms with Gasteiger partial charge in [-0.3, -0.25) is 0 Å². The standard InChI is InChI=1S/C15H15BrClN/c1-10-7-13(8-11(2)15(10)16)18-9-12-5-3-4-6-14(12)17/h3-8,18H,9H2,1-2H3. The lowest BCUT2D eigenvalue weighted by Gasteiger charge is -2.11. The zero-order chi connectivity index (χ0) is 13.1. The lowest BCUT2D eigenvalue weighted by molar-refractivity contribution is 1.14. The second kappa shape index (κ2) is 5.77. The van der Waals surface area contributed by atoms with Crippen molar-refractivity contribution in [2.24, 2.45) is 0 Å². The molecule has 2 aromatic carbocycles. The molecule has 3 heteroatoms. The van der Waals surface area contributed by atoms with Gasteiger partial charge in [-0.2, -0.15) is 0 Å². The van der Waals surface area contributed by atoms with E-state index in [1.807, 2.05) is 24.3 Å². The number of rotatable bonds is 3. The molecule has 0 aliphatic rings. The molecular weight excluding hydrogens is 310 g/mol. The Morgan fingerprint density at radius 3 is 2.33 bits per heavy atom. The molecule has 2 aromatic rings. The summed E-state index contributed by atoms with van der Waals surface area (Å²) >= 11 is 9.70. The first kappa shape index (κ1) is 13.4. The molecule has 0 unspecified atom stereocenters. The summed E-state index contributed by atoms with van der Waals surface area (Å²) < 4.78 is 1.17. The summed E-state index contributed by atoms with van der Waals surface area (Å²) in [4.78, 5) is 0. The third kappa shape index (κ3) is 3.06. The summed E-state index contributed by atoms with van der Waals surface area (Å²) in [5.41, 5.74) is 4.69. The number of aryl methyl sites for hydroxylation is 2. The Bertz CT molecular complexity index is 543. The van der Waals surface area contributed by atoms with E-state index in [0.717, 1.165) is 22.8 Å². The van der Waals surface area contributed by atoms with Crippen LogP contribution in [0.2, 0.25) is 5.02 Å². The van der Waals surface area contributed by atoms with Crippen LogP contribution in [0.1, 0.15) is 16.7 Å². The molecule has 0 heterocycles. The van der Waals surface area contributed by atoms with Gasteiger partial charge in [0, 0.05) is 21.7 Å². The van der Waals surface area contributed by atoms with Crippen molar-refractivity contribution in [3.05, 3.63) is 62.6 Å². The first-order chi connectivity index (χ1) is 8.58. The van der Waals surface area contributed by atoms with Crippen LogP contribution >= 0.6 is 27.5 Å². The van der Waals surface area contributed by atoms with Crippen molar-refractivity contribution in [3.63, 3.8) is 0 Å². The molecule has 0 fully saturated rings. The van der Waals surface area contributed by atoms with Crippen molar-refractivity contribution < 1.29 is 0 Å². The molecule has 0 aromatic heterocycles. The summed E-state index contributed by atoms with van der Waals surface area (Å²) in [5, 5.41) is 4.21. The van der Waals surface area contributed by atoms with Crippen LogP contribution in [0.25, 0.3) is 0 Å². The first-order valence-corrected chi connectivity index (χ1v) is 6.99. The molecule has 0 atom stereocenters. The fourth-order valence-electron chi connectivity index (χ4n) is 1.89. The Kier molecular flexibility index (Phi) is 4.31. The fraction of sp³-hybridized carbons (Fsp3) is 0.200. The number of hydrogen-bond donors (Lipinski definition) is 1. The molecule has 0 amide bonds. The van der Waals surface area contributed by atoms with Gasteiger partial charge in [0.1, 0.15) is 0 Å². The van der Waals surface area contributed by atoms with Gasteiger partial charge in [-0.05, 0) is 48.7 Å². The number of nitrogens with one attached hydrogen (secondary N) is 1. The van der Waals surface area contributed by atoms with Gasteiger partial charge in [0.15, 0.2) is 0 Å². The highest BCUT2D eigenvalue weighted by Crippen LogP contribution is 2.25. The van der Waals surface area contributed by atoms with Crippen LogP contribution in [0, 0.1) is 13.8 Å². The van der Waals surface area contributed by atoms with Gasteiger partial charge in [-0.15, -0.1) is 0 Å². The normalized spacial score (nSPS) is 10.4. The smallest absolute Gasteiger partial charge is 0.0455 e. The molecule has 0 saturated heterocycles. The summed E-state index contributed by atoms with van der Waals surface area (Å²) in [5.74, 6) is 0. The quantitative estimate of drug-likeness (QED) is 0.804. The van der Waals surface area contributed by atoms with Crippen LogP contribution in [0.3, 0.4) is 0 Å². The van der Waals surface area contributed by atoms with Gasteiger partial charge in [-0.1, -0.05) is 45.7 Å². The Balaban J connectivity index is 2.14. The second-order valence-electron chi connectivity index (χ2n) is 4.37. The Morgan fingerprint density at radius 1 is 1.11 bits per heavy atom. The predicted molar refractivity (Wildman–Crippen MR) is 82.4 cm³/mol. The van der Waals surface area contributed by atoms with Crippen LogP contribution in [-0.2, 0) is 6.54 Å². The van der Waals surface area contributed by atoms with Gasteiger partial charge in [0.05, 0.1) is 0 Å². The summed E-state index contributed by atoms with van der Waals surface area (Å²) in [6.07, 6.45) is 0. The molecule has 0 aliphatic carbocycles. The summed E-state index contributed by atoms with van der Waals surface area (Å²) in [7, 11) is 0. The molecule has 0 radical (unpaired) electrons. The maximum absolute atomic E-state index is 6.13. The van der Waals surface area contributed by atoms with Crippen molar-refractivity contribution in [1.29, 1.82) is 0 Å². The number of hydrogen-bond acceptors (Lipinski definition) is 1. The average molecular weight is 325 g/mol. The molecule has 1 nitrogen and oxygen atoms in total. The van der Waals surface area contributed by atoms with Gasteiger partial charge in [-0.25, -0.2) is 0 Å². The van der Waals surface area contributed by atoms with E-state index >= 15 is 0 Å². The van der Waals surface area contributed by atoms with Crippen LogP contribution in [0.15, 0.2) is 40.9 Å². The van der Waals surface area contributed by atoms with E-state index in [9.17, 15) is 0 Å². The molecular formula is C15H15BrClN. The van der Waals surface area contributed by atoms with Crippen LogP contribution in [0.5, 0.6) is 0 Å². The first-order valence-electron chi connectivity index (χ1n) is 5.82. The number of anilines is 1. The van der Waals surface area contributed by atoms with Crippen molar-refractivity contribution in [1.82, 2.24) is 0 Å². The minimum Gasteiger partial charge on any atom is -0.381 e. The minimum absolute atomic E-state index is 0.736. The molecule has 0 spiro atoms. The predicted octanol–water partition coefficient (Wildman–Crippen LogP) is 5.33. The highest BCUT2D eigenvalue weighted by Gasteiger charge is 2.03. The lowest BCUT2D eigenvalue weighted by Crippen LogP contribution is -2.01. The Labute approximate surface area is 121 Å². The van der Waals surface area contributed by atoms with Crippen molar-refractivity contribution in [2.75, 3.05) is 5.32 Å². The third-order valence-electron chi connectivity index (χ3n) is 2.88. The van der Waals surface area contributed by atoms with Crippen molar-refractivity contribution in [2.45, 2.75) is 20.4 Å². The summed E-state index contributed by atoms with van der Waals surface area (Å²) in [6, 6.07) is 12.2. The van der Waals surface area contributed by atoms with E-state index in [0.29, 0.717) is 0 Å². The highest BCUT2D eigenvalue weighted by molar-refractivity contribution is 9.10. The lowest BCUT2D eigenvalue weighted by atomic mass is 10.1. The second-order valence-corrected chi connectivity index (χ2v) is 5.57. The van der Waals surface area contributed by atoms with Crippen molar-refractivity contribution in [3.8, 4) is 0 Å². The van der Waals surface area contributed by atoms with Crippen LogP contribution in [0.4, 0.5) is 5.69 Å². The van der Waals surface area contributed by atoms with E-state index in [1.54, 1.807) is 0 Å². The van der Waals surface area contributed by atoms with Gasteiger partial charge in [0.2, 0.25) is 0 Å². The van der Waals surface area contributed by atoms with Gasteiger partial charge in [0.25, 0.3) is 0 Å². The monoisotopic (exact) mass is 323 g/mol. The maximum atomic E-state index is 6.13. The van der Waals surface area contributed by atoms with Crippen molar-refractivity contribution >= 4 is 33.2 Å². The maximum Gasteiger partial charge on any atom is 0.0455 e. The highest BCUT2D eigenvalue weighted by atomic mass is 79.9. The van der Waals surface area contributed by atoms with E-state index in [2.05, 4.69) is 47.2 Å². The third-order valence-corrected chi connectivity index (χ3v) is 4.50. The zero-order valence-corrected chi connectivity index (χ0v) is 12.8. The van der Waals surface area contributed by atoms with Crippen LogP contribution < -0.4 is 5.32 Å². The molecule has 0 aliphatic heterocycles. The molecule has 1 N–H and O–H groups in total. The molecule has 2 rings (SSSR count). The van der Waals surface area contributed by atoms with E-state index in [1.165, 1.54) is 15.6 Å². The summed E-state index contributed by atoms with van der Waals surface area (Å²) in [6.45, 7) is 4.93. The SMILES string of the molecule is Cc1cc(NCc2ccccc2Cl)cc(C)c1Br. The largest absolute Gasteiger partial charge is 0.381 e. The van der Waals surface area contributed by atoms with E-state index in [-0.39, 0.29) is 0 Å². The topological polar surface area (TPSA) is 12.0 Å². The number of halogens is 2.